The van der Waals surface area contributed by atoms with Gasteiger partial charge in [0.1, 0.15) is 5.60 Å². The first-order valence-corrected chi connectivity index (χ1v) is 10.0. The van der Waals surface area contributed by atoms with Crippen LogP contribution >= 0.6 is 0 Å². The van der Waals surface area contributed by atoms with E-state index in [9.17, 15) is 9.59 Å². The van der Waals surface area contributed by atoms with Gasteiger partial charge in [-0.25, -0.2) is 4.79 Å². The Morgan fingerprint density at radius 1 is 0.833 bits per heavy atom. The number of carbonyl (C=O) groups excluding carboxylic acids is 1. The lowest BCUT2D eigenvalue weighted by molar-refractivity contribution is -0.147. The molecule has 1 aromatic heterocycles. The van der Waals surface area contributed by atoms with Crippen LogP contribution in [0.25, 0.3) is 16.7 Å². The minimum atomic E-state index is -0.602. The maximum atomic E-state index is 12.8. The summed E-state index contributed by atoms with van der Waals surface area (Å²) in [6.07, 6.45) is 0. The van der Waals surface area contributed by atoms with Crippen molar-refractivity contribution in [2.24, 2.45) is 0 Å². The number of carbonyl (C=O) groups is 1. The Hall–Kier alpha value is -3.60. The van der Waals surface area contributed by atoms with E-state index in [2.05, 4.69) is 4.98 Å². The maximum absolute atomic E-state index is 12.8. The summed E-state index contributed by atoms with van der Waals surface area (Å²) in [7, 11) is 0. The van der Waals surface area contributed by atoms with Crippen molar-refractivity contribution in [2.45, 2.75) is 31.3 Å². The molecule has 0 aliphatic carbocycles. The number of hydrogen-bond donors (Lipinski definition) is 1. The van der Waals surface area contributed by atoms with Crippen LogP contribution in [0.1, 0.15) is 36.8 Å². The van der Waals surface area contributed by atoms with Gasteiger partial charge in [-0.1, -0.05) is 54.6 Å². The summed E-state index contributed by atoms with van der Waals surface area (Å²) in [5, 5.41) is 0. The third-order valence-electron chi connectivity index (χ3n) is 5.96. The second-order valence-corrected chi connectivity index (χ2v) is 8.26. The van der Waals surface area contributed by atoms with Crippen LogP contribution in [0.4, 0.5) is 0 Å². The van der Waals surface area contributed by atoms with E-state index in [-0.39, 0.29) is 17.6 Å². The number of aromatic nitrogens is 2. The van der Waals surface area contributed by atoms with E-state index in [1.54, 1.807) is 4.57 Å². The highest BCUT2D eigenvalue weighted by atomic mass is 16.6. The van der Waals surface area contributed by atoms with Crippen LogP contribution in [0.15, 0.2) is 83.7 Å². The second-order valence-electron chi connectivity index (χ2n) is 8.26. The summed E-state index contributed by atoms with van der Waals surface area (Å²) in [4.78, 5) is 28.2. The van der Waals surface area contributed by atoms with Gasteiger partial charge in [-0.2, -0.15) is 0 Å². The second kappa shape index (κ2) is 6.73. The number of benzene rings is 3. The topological polar surface area (TPSA) is 64.1 Å². The first-order chi connectivity index (χ1) is 14.5. The van der Waals surface area contributed by atoms with Crippen molar-refractivity contribution in [3.8, 4) is 5.69 Å². The molecule has 150 valence electrons. The number of nitrogens with zero attached hydrogens (tertiary/aromatic N) is 1. The summed E-state index contributed by atoms with van der Waals surface area (Å²) >= 11 is 0. The van der Waals surface area contributed by atoms with E-state index in [1.165, 1.54) is 0 Å². The molecule has 1 fully saturated rings. The molecule has 5 heteroatoms. The molecule has 1 aliphatic heterocycles. The van der Waals surface area contributed by atoms with Gasteiger partial charge in [-0.3, -0.25) is 9.36 Å². The van der Waals surface area contributed by atoms with Crippen LogP contribution in [-0.2, 0) is 9.53 Å². The average Bonchev–Trinajstić information content (AvgIpc) is 3.20. The monoisotopic (exact) mass is 398 g/mol. The molecule has 1 saturated heterocycles. The minimum Gasteiger partial charge on any atom is -0.458 e. The minimum absolute atomic E-state index is 0.0899. The number of esters is 1. The number of imidazole rings is 1. The molecule has 0 bridgehead atoms. The van der Waals surface area contributed by atoms with Crippen molar-refractivity contribution < 1.29 is 9.53 Å². The lowest BCUT2D eigenvalue weighted by Crippen LogP contribution is -2.27. The average molecular weight is 398 g/mol. The highest BCUT2D eigenvalue weighted by Crippen LogP contribution is 2.49. The third kappa shape index (κ3) is 2.86. The molecular formula is C25H22N2O3. The fraction of sp³-hybridized carbons (Fsp3) is 0.200. The SMILES string of the molecule is CC1(C)OC(=O)C(c2ccc(-n3c(=O)[nH]c4ccccc43)cc2)[C@H]1c1ccccc1. The quantitative estimate of drug-likeness (QED) is 0.516. The molecule has 2 heterocycles. The number of fused-ring (bicyclic) bond motifs is 1. The third-order valence-corrected chi connectivity index (χ3v) is 5.96. The molecule has 2 atom stereocenters. The molecule has 5 nitrogen and oxygen atoms in total. The number of nitrogens with one attached hydrogen (secondary N) is 1. The molecule has 3 aromatic carbocycles. The standard InChI is InChI=1S/C25H22N2O3/c1-25(2)22(17-8-4-3-5-9-17)21(23(28)30-25)16-12-14-18(15-13-16)27-20-11-7-6-10-19(20)26-24(27)29/h3-15,21-22H,1-2H3,(H,26,29)/t21?,22-/m1/s1. The number of hydrogen-bond acceptors (Lipinski definition) is 3. The summed E-state index contributed by atoms with van der Waals surface area (Å²) < 4.78 is 7.41. The van der Waals surface area contributed by atoms with Gasteiger partial charge in [0.05, 0.1) is 22.6 Å². The van der Waals surface area contributed by atoms with E-state index in [1.807, 2.05) is 92.7 Å². The van der Waals surface area contributed by atoms with Crippen molar-refractivity contribution in [1.82, 2.24) is 9.55 Å². The predicted octanol–water partition coefficient (Wildman–Crippen LogP) is 4.52. The lowest BCUT2D eigenvalue weighted by Gasteiger charge is -2.27. The van der Waals surface area contributed by atoms with Gasteiger partial charge in [0.25, 0.3) is 0 Å². The predicted molar refractivity (Wildman–Crippen MR) is 116 cm³/mol. The van der Waals surface area contributed by atoms with E-state index in [0.29, 0.717) is 0 Å². The Morgan fingerprint density at radius 3 is 2.23 bits per heavy atom. The Labute approximate surface area is 173 Å². The van der Waals surface area contributed by atoms with Crippen LogP contribution in [0.5, 0.6) is 0 Å². The molecule has 0 radical (unpaired) electrons. The largest absolute Gasteiger partial charge is 0.458 e. The molecule has 5 rings (SSSR count). The van der Waals surface area contributed by atoms with Crippen LogP contribution in [0.2, 0.25) is 0 Å². The van der Waals surface area contributed by atoms with Crippen molar-refractivity contribution in [2.75, 3.05) is 0 Å². The van der Waals surface area contributed by atoms with E-state index >= 15 is 0 Å². The number of H-pyrrole nitrogens is 1. The Balaban J connectivity index is 1.57. The summed E-state index contributed by atoms with van der Waals surface area (Å²) in [6.45, 7) is 3.92. The van der Waals surface area contributed by atoms with Gasteiger partial charge >= 0.3 is 11.7 Å². The Morgan fingerprint density at radius 2 is 1.50 bits per heavy atom. The normalized spacial score (nSPS) is 20.4. The summed E-state index contributed by atoms with van der Waals surface area (Å²) in [5.41, 5.74) is 3.54. The summed E-state index contributed by atoms with van der Waals surface area (Å²) in [6, 6.07) is 25.2. The molecule has 1 N–H and O–H groups in total. The van der Waals surface area contributed by atoms with Gasteiger partial charge in [-0.05, 0) is 49.2 Å². The van der Waals surface area contributed by atoms with Crippen molar-refractivity contribution in [3.63, 3.8) is 0 Å². The van der Waals surface area contributed by atoms with E-state index in [0.717, 1.165) is 27.8 Å². The van der Waals surface area contributed by atoms with E-state index in [4.69, 9.17) is 4.74 Å². The Bertz CT molecular complexity index is 1280. The van der Waals surface area contributed by atoms with Crippen LogP contribution in [-0.4, -0.2) is 21.1 Å². The molecule has 1 aliphatic rings. The Kier molecular flexibility index (Phi) is 4.13. The molecular weight excluding hydrogens is 376 g/mol. The van der Waals surface area contributed by atoms with Crippen molar-refractivity contribution in [1.29, 1.82) is 0 Å². The first kappa shape index (κ1) is 18.4. The van der Waals surface area contributed by atoms with Crippen molar-refractivity contribution >= 4 is 17.0 Å². The fourth-order valence-electron chi connectivity index (χ4n) is 4.65. The van der Waals surface area contributed by atoms with E-state index < -0.39 is 11.5 Å². The van der Waals surface area contributed by atoms with Gasteiger partial charge in [0, 0.05) is 5.92 Å². The molecule has 1 unspecified atom stereocenters. The maximum Gasteiger partial charge on any atom is 0.331 e. The van der Waals surface area contributed by atoms with Gasteiger partial charge in [0.2, 0.25) is 0 Å². The fourth-order valence-corrected chi connectivity index (χ4v) is 4.65. The zero-order valence-corrected chi connectivity index (χ0v) is 16.8. The van der Waals surface area contributed by atoms with Crippen LogP contribution in [0, 0.1) is 0 Å². The van der Waals surface area contributed by atoms with Crippen LogP contribution < -0.4 is 5.69 Å². The van der Waals surface area contributed by atoms with Gasteiger partial charge < -0.3 is 9.72 Å². The zero-order valence-electron chi connectivity index (χ0n) is 16.8. The number of para-hydroxylation sites is 2. The number of aromatic amines is 1. The summed E-state index contributed by atoms with van der Waals surface area (Å²) in [5.74, 6) is -0.699. The number of ether oxygens (including phenoxy) is 1. The molecule has 30 heavy (non-hydrogen) atoms. The highest BCUT2D eigenvalue weighted by Gasteiger charge is 2.51. The first-order valence-electron chi connectivity index (χ1n) is 10.0. The lowest BCUT2D eigenvalue weighted by atomic mass is 9.75. The van der Waals surface area contributed by atoms with Crippen LogP contribution in [0.3, 0.4) is 0 Å². The number of cyclic esters (lactones) is 1. The molecule has 4 aromatic rings. The highest BCUT2D eigenvalue weighted by molar-refractivity contribution is 5.83. The van der Waals surface area contributed by atoms with Gasteiger partial charge in [0.15, 0.2) is 0 Å². The smallest absolute Gasteiger partial charge is 0.331 e. The number of rotatable bonds is 3. The zero-order chi connectivity index (χ0) is 20.9. The molecule has 0 spiro atoms. The van der Waals surface area contributed by atoms with Crippen molar-refractivity contribution in [3.05, 3.63) is 100 Å². The van der Waals surface area contributed by atoms with Gasteiger partial charge in [-0.15, -0.1) is 0 Å². The molecule has 0 saturated carbocycles. The molecule has 0 amide bonds.